The molecule has 4 amide bonds. The molecule has 0 bridgehead atoms. The van der Waals surface area contributed by atoms with Crippen molar-refractivity contribution in [3.05, 3.63) is 38.8 Å². The number of hydrogen-bond donors (Lipinski definition) is 3. The van der Waals surface area contributed by atoms with E-state index >= 15 is 0 Å². The molecule has 37 heavy (non-hydrogen) atoms. The van der Waals surface area contributed by atoms with Crippen molar-refractivity contribution in [2.75, 3.05) is 11.9 Å². The molecule has 0 saturated carbocycles. The number of amides is 4. The van der Waals surface area contributed by atoms with Gasteiger partial charge in [-0.2, -0.15) is 0 Å². The molecule has 2 rings (SSSR count). The second-order valence-corrected chi connectivity index (χ2v) is 11.0. The quantitative estimate of drug-likeness (QED) is 0.209. The molecule has 1 heterocycles. The maximum Gasteiger partial charge on any atom is 0.269 e. The molecule has 0 aromatic heterocycles. The van der Waals surface area contributed by atoms with Crippen LogP contribution < -0.4 is 10.6 Å². The minimum absolute atomic E-state index is 0.0132. The fourth-order valence-corrected chi connectivity index (χ4v) is 4.56. The summed E-state index contributed by atoms with van der Waals surface area (Å²) in [6.45, 7) is 5.52. The third kappa shape index (κ3) is 8.86. The summed E-state index contributed by atoms with van der Waals surface area (Å²) in [7, 11) is 0. The van der Waals surface area contributed by atoms with Crippen LogP contribution in [0.2, 0.25) is 0 Å². The van der Waals surface area contributed by atoms with Crippen LogP contribution in [-0.4, -0.2) is 52.0 Å². The number of rotatable bonds is 14. The summed E-state index contributed by atoms with van der Waals surface area (Å²) >= 11 is 6.18. The number of ketones is 1. The molecular weight excluding hydrogens is 610 g/mol. The highest BCUT2D eigenvalue weighted by atomic mass is 79.9. The van der Waals surface area contributed by atoms with Crippen LogP contribution in [0.3, 0.4) is 0 Å². The lowest BCUT2D eigenvalue weighted by atomic mass is 9.92. The molecule has 0 spiro atoms. The smallest absolute Gasteiger partial charge is 0.269 e. The minimum atomic E-state index is -0.702. The van der Waals surface area contributed by atoms with E-state index in [1.54, 1.807) is 31.2 Å². The first-order valence-corrected chi connectivity index (χ1v) is 13.8. The van der Waals surface area contributed by atoms with Crippen molar-refractivity contribution >= 4 is 67.0 Å². The number of carbonyl (C=O) groups is 5. The summed E-state index contributed by atoms with van der Waals surface area (Å²) in [5.74, 6) is -2.26. The van der Waals surface area contributed by atoms with Gasteiger partial charge in [-0.3, -0.25) is 28.9 Å². The third-order valence-electron chi connectivity index (χ3n) is 6.03. The van der Waals surface area contributed by atoms with E-state index < -0.39 is 12.0 Å². The van der Waals surface area contributed by atoms with E-state index in [-0.39, 0.29) is 70.3 Å². The largest absolute Gasteiger partial charge is 0.392 e. The number of benzene rings is 1. The van der Waals surface area contributed by atoms with E-state index in [9.17, 15) is 24.0 Å². The molecule has 11 heteroatoms. The van der Waals surface area contributed by atoms with Gasteiger partial charge in [-0.1, -0.05) is 39.3 Å². The number of nitrogens with zero attached hydrogens (tertiary/aromatic N) is 1. The first-order chi connectivity index (χ1) is 17.5. The van der Waals surface area contributed by atoms with Crippen LogP contribution in [0.15, 0.2) is 33.2 Å². The summed E-state index contributed by atoms with van der Waals surface area (Å²) in [5.41, 5.74) is 1.30. The molecule has 9 nitrogen and oxygen atoms in total. The van der Waals surface area contributed by atoms with E-state index in [2.05, 4.69) is 42.5 Å². The average Bonchev–Trinajstić information content (AvgIpc) is 3.04. The van der Waals surface area contributed by atoms with Crippen molar-refractivity contribution in [3.63, 3.8) is 0 Å². The van der Waals surface area contributed by atoms with Gasteiger partial charge in [0.25, 0.3) is 11.8 Å². The third-order valence-corrected chi connectivity index (χ3v) is 8.04. The van der Waals surface area contributed by atoms with E-state index in [1.807, 2.05) is 13.8 Å². The Morgan fingerprint density at radius 3 is 2.08 bits per heavy atom. The highest BCUT2D eigenvalue weighted by Gasteiger charge is 2.35. The molecule has 0 unspecified atom stereocenters. The standard InChI is InChI=1S/C26H33Br2N3O6/c1-15(2)23(19(33)13-16(3)24(35)29-18-10-8-17(14-32)9-11-18)30-20(34)7-5-4-6-12-31-25(36)21(27)22(28)26(31)37/h8-11,15-16,23,32H,4-7,12-14H2,1-3H3,(H,29,35)(H,30,34)/t16-,23+/m1/s1. The summed E-state index contributed by atoms with van der Waals surface area (Å²) < 4.78 is 0.426. The van der Waals surface area contributed by atoms with E-state index in [0.717, 1.165) is 10.5 Å². The first kappa shape index (κ1) is 30.9. The lowest BCUT2D eigenvalue weighted by molar-refractivity contribution is -0.137. The van der Waals surface area contributed by atoms with Gasteiger partial charge < -0.3 is 15.7 Å². The van der Waals surface area contributed by atoms with Crippen molar-refractivity contribution in [1.82, 2.24) is 10.2 Å². The summed E-state index contributed by atoms with van der Waals surface area (Å²) in [4.78, 5) is 63.1. The molecule has 0 saturated heterocycles. The Hall–Kier alpha value is -2.37. The number of imide groups is 1. The maximum atomic E-state index is 12.9. The van der Waals surface area contributed by atoms with Crippen LogP contribution in [0.25, 0.3) is 0 Å². The lowest BCUT2D eigenvalue weighted by Crippen LogP contribution is -2.45. The van der Waals surface area contributed by atoms with Crippen molar-refractivity contribution in [1.29, 1.82) is 0 Å². The predicted octanol–water partition coefficient (Wildman–Crippen LogP) is 3.78. The zero-order chi connectivity index (χ0) is 27.7. The van der Waals surface area contributed by atoms with Crippen molar-refractivity contribution < 1.29 is 29.1 Å². The molecule has 0 aliphatic carbocycles. The Labute approximate surface area is 233 Å². The number of hydrogen-bond acceptors (Lipinski definition) is 6. The van der Waals surface area contributed by atoms with Crippen LogP contribution in [-0.2, 0) is 30.6 Å². The molecule has 1 aromatic rings. The number of Topliss-reactive ketones (excluding diaryl/α,β-unsaturated/α-hetero) is 1. The predicted molar refractivity (Wildman–Crippen MR) is 147 cm³/mol. The topological polar surface area (TPSA) is 133 Å². The van der Waals surface area contributed by atoms with Crippen LogP contribution in [0.4, 0.5) is 5.69 Å². The highest BCUT2D eigenvalue weighted by Crippen LogP contribution is 2.29. The van der Waals surface area contributed by atoms with E-state index in [4.69, 9.17) is 5.11 Å². The number of anilines is 1. The molecule has 1 aliphatic rings. The Morgan fingerprint density at radius 1 is 0.946 bits per heavy atom. The fraction of sp³-hybridized carbons (Fsp3) is 0.500. The highest BCUT2D eigenvalue weighted by molar-refractivity contribution is 9.14. The van der Waals surface area contributed by atoms with E-state index in [0.29, 0.717) is 24.9 Å². The Kier molecular flexibility index (Phi) is 12.1. The molecular formula is C26H33Br2N3O6. The van der Waals surface area contributed by atoms with Crippen LogP contribution in [0.1, 0.15) is 58.4 Å². The molecule has 1 aromatic carbocycles. The number of aliphatic hydroxyl groups excluding tert-OH is 1. The number of carbonyl (C=O) groups excluding carboxylic acids is 5. The zero-order valence-electron chi connectivity index (χ0n) is 21.2. The van der Waals surface area contributed by atoms with E-state index in [1.165, 1.54) is 0 Å². The number of nitrogens with one attached hydrogen (secondary N) is 2. The summed E-state index contributed by atoms with van der Waals surface area (Å²) in [6.07, 6.45) is 1.94. The summed E-state index contributed by atoms with van der Waals surface area (Å²) in [6, 6.07) is 6.08. The van der Waals surface area contributed by atoms with Gasteiger partial charge in [0.1, 0.15) is 8.96 Å². The number of halogens is 2. The summed E-state index contributed by atoms with van der Waals surface area (Å²) in [5, 5.41) is 14.7. The van der Waals surface area contributed by atoms with Gasteiger partial charge in [-0.15, -0.1) is 0 Å². The van der Waals surface area contributed by atoms with Crippen LogP contribution >= 0.6 is 31.9 Å². The zero-order valence-corrected chi connectivity index (χ0v) is 24.4. The fourth-order valence-electron chi connectivity index (χ4n) is 3.80. The molecule has 2 atom stereocenters. The first-order valence-electron chi connectivity index (χ1n) is 12.2. The van der Waals surface area contributed by atoms with Crippen LogP contribution in [0.5, 0.6) is 0 Å². The second kappa shape index (κ2) is 14.5. The van der Waals surface area contributed by atoms with Gasteiger partial charge in [-0.05, 0) is 68.3 Å². The molecule has 1 aliphatic heterocycles. The average molecular weight is 643 g/mol. The SMILES string of the molecule is CC(C)[C@H](NC(=O)CCCCCN1C(=O)C(Br)=C(Br)C1=O)C(=O)C[C@@H](C)C(=O)Nc1ccc(CO)cc1. The van der Waals surface area contributed by atoms with Gasteiger partial charge in [0.15, 0.2) is 5.78 Å². The van der Waals surface area contributed by atoms with Crippen molar-refractivity contribution in [2.45, 2.75) is 65.5 Å². The molecule has 202 valence electrons. The number of aliphatic hydroxyl groups is 1. The molecule has 0 radical (unpaired) electrons. The monoisotopic (exact) mass is 641 g/mol. The maximum absolute atomic E-state index is 12.9. The van der Waals surface area contributed by atoms with Gasteiger partial charge in [0.05, 0.1) is 12.6 Å². The molecule has 3 N–H and O–H groups in total. The van der Waals surface area contributed by atoms with Crippen molar-refractivity contribution in [3.8, 4) is 0 Å². The van der Waals surface area contributed by atoms with Gasteiger partial charge >= 0.3 is 0 Å². The second-order valence-electron chi connectivity index (χ2n) is 9.41. The Balaban J connectivity index is 1.76. The van der Waals surface area contributed by atoms with Gasteiger partial charge in [-0.25, -0.2) is 0 Å². The number of unbranched alkanes of at least 4 members (excludes halogenated alkanes) is 2. The van der Waals surface area contributed by atoms with Crippen molar-refractivity contribution in [2.24, 2.45) is 11.8 Å². The lowest BCUT2D eigenvalue weighted by Gasteiger charge is -2.23. The molecule has 0 fully saturated rings. The van der Waals surface area contributed by atoms with Crippen LogP contribution in [0, 0.1) is 11.8 Å². The van der Waals surface area contributed by atoms with Gasteiger partial charge in [0, 0.05) is 31.0 Å². The Morgan fingerprint density at radius 2 is 1.54 bits per heavy atom. The minimum Gasteiger partial charge on any atom is -0.392 e. The normalized spacial score (nSPS) is 15.3. The Bertz CT molecular complexity index is 1030. The van der Waals surface area contributed by atoms with Gasteiger partial charge in [0.2, 0.25) is 11.8 Å².